The van der Waals surface area contributed by atoms with Crippen molar-refractivity contribution in [2.75, 3.05) is 13.2 Å². The molecule has 0 aliphatic heterocycles. The number of aromatic nitrogens is 2. The van der Waals surface area contributed by atoms with Gasteiger partial charge in [0.05, 0.1) is 23.0 Å². The van der Waals surface area contributed by atoms with Crippen molar-refractivity contribution in [3.63, 3.8) is 0 Å². The number of hydrogen-bond acceptors (Lipinski definition) is 4. The van der Waals surface area contributed by atoms with Crippen molar-refractivity contribution in [3.05, 3.63) is 68.8 Å². The molecule has 168 valence electrons. The van der Waals surface area contributed by atoms with Crippen LogP contribution in [0.15, 0.2) is 42.5 Å². The van der Waals surface area contributed by atoms with Crippen molar-refractivity contribution in [3.8, 4) is 16.9 Å². The summed E-state index contributed by atoms with van der Waals surface area (Å²) in [5, 5.41) is 8.87. The summed E-state index contributed by atoms with van der Waals surface area (Å²) in [6.07, 6.45) is 0.704. The molecule has 1 N–H and O–H groups in total. The van der Waals surface area contributed by atoms with Crippen LogP contribution in [0.25, 0.3) is 16.9 Å². The number of nitrogens with zero attached hydrogens (tertiary/aromatic N) is 2. The minimum absolute atomic E-state index is 0.234. The maximum Gasteiger partial charge on any atom is 0.305 e. The first-order valence-electron chi connectivity index (χ1n) is 10.1. The lowest BCUT2D eigenvalue weighted by atomic mass is 10.1. The second-order valence-electron chi connectivity index (χ2n) is 7.00. The number of carbonyl (C=O) groups excluding carboxylic acids is 2. The second kappa shape index (κ2) is 10.9. The fourth-order valence-electron chi connectivity index (χ4n) is 3.24. The van der Waals surface area contributed by atoms with E-state index in [-0.39, 0.29) is 24.0 Å². The third kappa shape index (κ3) is 5.63. The summed E-state index contributed by atoms with van der Waals surface area (Å²) in [5.41, 5.74) is 3.07. The van der Waals surface area contributed by atoms with E-state index in [9.17, 15) is 9.59 Å². The van der Waals surface area contributed by atoms with Crippen LogP contribution >= 0.6 is 34.8 Å². The van der Waals surface area contributed by atoms with Gasteiger partial charge in [0.2, 0.25) is 0 Å². The molecule has 0 fully saturated rings. The normalized spacial score (nSPS) is 10.8. The molecule has 0 spiro atoms. The van der Waals surface area contributed by atoms with E-state index in [1.165, 1.54) is 0 Å². The molecule has 6 nitrogen and oxygen atoms in total. The topological polar surface area (TPSA) is 73.2 Å². The Balaban J connectivity index is 1.93. The third-order valence-electron chi connectivity index (χ3n) is 4.74. The van der Waals surface area contributed by atoms with Gasteiger partial charge in [-0.15, -0.1) is 0 Å². The van der Waals surface area contributed by atoms with Gasteiger partial charge in [0.25, 0.3) is 5.91 Å². The van der Waals surface area contributed by atoms with Crippen molar-refractivity contribution < 1.29 is 14.3 Å². The Labute approximate surface area is 201 Å². The van der Waals surface area contributed by atoms with Gasteiger partial charge in [0.1, 0.15) is 0 Å². The van der Waals surface area contributed by atoms with Crippen LogP contribution in [0.5, 0.6) is 0 Å². The molecule has 0 unspecified atom stereocenters. The van der Waals surface area contributed by atoms with Crippen LogP contribution in [0.2, 0.25) is 15.1 Å². The zero-order valence-corrected chi connectivity index (χ0v) is 19.9. The Hall–Kier alpha value is -2.54. The molecule has 3 aromatic rings. The zero-order chi connectivity index (χ0) is 23.3. The first-order valence-corrected chi connectivity index (χ1v) is 11.2. The van der Waals surface area contributed by atoms with Crippen molar-refractivity contribution >= 4 is 46.7 Å². The Bertz CT molecular complexity index is 1130. The molecule has 1 amide bonds. The van der Waals surface area contributed by atoms with Crippen LogP contribution in [-0.4, -0.2) is 34.8 Å². The highest BCUT2D eigenvalue weighted by Crippen LogP contribution is 2.33. The zero-order valence-electron chi connectivity index (χ0n) is 17.6. The predicted molar refractivity (Wildman–Crippen MR) is 127 cm³/mol. The van der Waals surface area contributed by atoms with Crippen LogP contribution in [0.3, 0.4) is 0 Å². The molecule has 0 aliphatic carbocycles. The van der Waals surface area contributed by atoms with Crippen LogP contribution in [0, 0.1) is 6.92 Å². The fraction of sp³-hybridized carbons (Fsp3) is 0.261. The molecular formula is C23H22Cl3N3O3. The number of rotatable bonds is 8. The molecule has 9 heteroatoms. The van der Waals surface area contributed by atoms with E-state index < -0.39 is 0 Å². The molecule has 0 saturated heterocycles. The highest BCUT2D eigenvalue weighted by molar-refractivity contribution is 6.35. The summed E-state index contributed by atoms with van der Waals surface area (Å²) in [5.74, 6) is -0.630. The molecule has 1 aromatic heterocycles. The Morgan fingerprint density at radius 1 is 1.06 bits per heavy atom. The molecule has 1 heterocycles. The van der Waals surface area contributed by atoms with Crippen molar-refractivity contribution in [2.24, 2.45) is 0 Å². The third-order valence-corrected chi connectivity index (χ3v) is 5.53. The van der Waals surface area contributed by atoms with E-state index in [2.05, 4.69) is 10.4 Å². The molecule has 0 saturated carbocycles. The molecular weight excluding hydrogens is 473 g/mol. The van der Waals surface area contributed by atoms with Crippen LogP contribution < -0.4 is 5.32 Å². The van der Waals surface area contributed by atoms with Crippen molar-refractivity contribution in [1.82, 2.24) is 15.1 Å². The van der Waals surface area contributed by atoms with E-state index in [0.717, 1.165) is 5.56 Å². The molecule has 3 rings (SSSR count). The molecule has 0 bridgehead atoms. The lowest BCUT2D eigenvalue weighted by Crippen LogP contribution is -2.26. The lowest BCUT2D eigenvalue weighted by molar-refractivity contribution is -0.143. The van der Waals surface area contributed by atoms with Crippen LogP contribution in [-0.2, 0) is 9.53 Å². The van der Waals surface area contributed by atoms with E-state index in [1.54, 1.807) is 41.9 Å². The Morgan fingerprint density at radius 3 is 2.41 bits per heavy atom. The molecule has 2 aromatic carbocycles. The van der Waals surface area contributed by atoms with Gasteiger partial charge in [-0.05, 0) is 50.6 Å². The molecule has 0 radical (unpaired) electrons. The number of esters is 1. The van der Waals surface area contributed by atoms with Gasteiger partial charge in [0.15, 0.2) is 5.69 Å². The van der Waals surface area contributed by atoms with E-state index in [1.807, 2.05) is 19.1 Å². The lowest BCUT2D eigenvalue weighted by Gasteiger charge is -2.11. The summed E-state index contributed by atoms with van der Waals surface area (Å²) in [6, 6.07) is 12.3. The van der Waals surface area contributed by atoms with Gasteiger partial charge >= 0.3 is 5.97 Å². The Kier molecular flexibility index (Phi) is 8.18. The second-order valence-corrected chi connectivity index (χ2v) is 8.28. The van der Waals surface area contributed by atoms with Gasteiger partial charge in [-0.2, -0.15) is 5.10 Å². The average molecular weight is 495 g/mol. The monoisotopic (exact) mass is 493 g/mol. The van der Waals surface area contributed by atoms with Gasteiger partial charge < -0.3 is 10.1 Å². The maximum absolute atomic E-state index is 12.9. The molecule has 32 heavy (non-hydrogen) atoms. The summed E-state index contributed by atoms with van der Waals surface area (Å²) in [6.45, 7) is 4.24. The number of hydrogen-bond donors (Lipinski definition) is 1. The predicted octanol–water partition coefficient (Wildman–Crippen LogP) is 5.88. The number of ether oxygens (including phenoxy) is 1. The summed E-state index contributed by atoms with van der Waals surface area (Å²) in [7, 11) is 0. The molecule has 0 aliphatic rings. The van der Waals surface area contributed by atoms with Crippen LogP contribution in [0.4, 0.5) is 0 Å². The quantitative estimate of drug-likeness (QED) is 0.313. The number of amides is 1. The minimum Gasteiger partial charge on any atom is -0.466 e. The van der Waals surface area contributed by atoms with E-state index >= 15 is 0 Å². The van der Waals surface area contributed by atoms with Crippen molar-refractivity contribution in [1.29, 1.82) is 0 Å². The summed E-state index contributed by atoms with van der Waals surface area (Å²) >= 11 is 18.5. The fourth-order valence-corrected chi connectivity index (χ4v) is 3.85. The smallest absolute Gasteiger partial charge is 0.305 e. The van der Waals surface area contributed by atoms with E-state index in [0.29, 0.717) is 51.6 Å². The summed E-state index contributed by atoms with van der Waals surface area (Å²) < 4.78 is 6.53. The highest BCUT2D eigenvalue weighted by atomic mass is 35.5. The van der Waals surface area contributed by atoms with Crippen molar-refractivity contribution in [2.45, 2.75) is 26.7 Å². The van der Waals surface area contributed by atoms with Gasteiger partial charge in [-0.3, -0.25) is 9.59 Å². The minimum atomic E-state index is -0.342. The number of halogens is 3. The highest BCUT2D eigenvalue weighted by Gasteiger charge is 2.23. The first-order chi connectivity index (χ1) is 15.3. The van der Waals surface area contributed by atoms with Crippen LogP contribution in [0.1, 0.15) is 35.8 Å². The Morgan fingerprint density at radius 2 is 1.75 bits per heavy atom. The van der Waals surface area contributed by atoms with Gasteiger partial charge in [0, 0.05) is 34.1 Å². The largest absolute Gasteiger partial charge is 0.466 e. The van der Waals surface area contributed by atoms with Gasteiger partial charge in [-0.25, -0.2) is 4.68 Å². The van der Waals surface area contributed by atoms with Gasteiger partial charge in [-0.1, -0.05) is 46.9 Å². The SMILES string of the molecule is CCOC(=O)CCCNC(=O)c1nn(-c2ccc(Cl)cc2Cl)c(-c2ccc(Cl)cc2)c1C. The number of nitrogens with one attached hydrogen (secondary N) is 1. The molecule has 0 atom stereocenters. The number of carbonyl (C=O) groups is 2. The maximum atomic E-state index is 12.9. The first kappa shape index (κ1) is 24.1. The number of benzene rings is 2. The average Bonchev–Trinajstić information content (AvgIpc) is 3.09. The standard InChI is InChI=1S/C23H22Cl3N3O3/c1-3-32-20(30)5-4-12-27-23(31)21-14(2)22(15-6-8-16(24)9-7-15)29(28-21)19-11-10-17(25)13-18(19)26/h6-11,13H,3-5,12H2,1-2H3,(H,27,31). The summed E-state index contributed by atoms with van der Waals surface area (Å²) in [4.78, 5) is 24.4. The van der Waals surface area contributed by atoms with E-state index in [4.69, 9.17) is 39.5 Å².